The maximum absolute atomic E-state index is 14.8. The van der Waals surface area contributed by atoms with Gasteiger partial charge in [-0.1, -0.05) is 23.4 Å². The first-order valence-electron chi connectivity index (χ1n) is 9.82. The highest BCUT2D eigenvalue weighted by Crippen LogP contribution is 2.29. The summed E-state index contributed by atoms with van der Waals surface area (Å²) in [6.07, 6.45) is 3.37. The molecule has 0 saturated heterocycles. The first kappa shape index (κ1) is 20.4. The Hall–Kier alpha value is -3.53. The molecule has 1 unspecified atom stereocenters. The van der Waals surface area contributed by atoms with E-state index in [-0.39, 0.29) is 23.5 Å². The molecule has 3 aromatic rings. The van der Waals surface area contributed by atoms with E-state index in [0.29, 0.717) is 34.6 Å². The fourth-order valence-electron chi connectivity index (χ4n) is 3.87. The van der Waals surface area contributed by atoms with Crippen molar-refractivity contribution in [1.82, 2.24) is 19.9 Å². The Morgan fingerprint density at radius 3 is 2.28 bits per heavy atom. The lowest BCUT2D eigenvalue weighted by molar-refractivity contribution is 0.0640. The summed E-state index contributed by atoms with van der Waals surface area (Å²) in [5.41, 5.74) is 1.43. The van der Waals surface area contributed by atoms with Crippen LogP contribution in [0, 0.1) is 11.6 Å². The SMILES string of the molecule is O=C1c2ccccc2C(=O)N1Cc1cn(-c2cc(F)c(C3=CCS(=O)CC3)c(F)c2)nn1. The minimum atomic E-state index is -0.995. The van der Waals surface area contributed by atoms with Gasteiger partial charge in [-0.05, 0) is 24.1 Å². The molecule has 0 bridgehead atoms. The van der Waals surface area contributed by atoms with E-state index in [1.807, 2.05) is 0 Å². The molecule has 2 amide bonds. The second kappa shape index (κ2) is 7.86. The van der Waals surface area contributed by atoms with Crippen LogP contribution in [0.5, 0.6) is 0 Å². The second-order valence-corrected chi connectivity index (χ2v) is 9.09. The first-order valence-corrected chi connectivity index (χ1v) is 11.3. The van der Waals surface area contributed by atoms with Gasteiger partial charge in [-0.2, -0.15) is 0 Å². The summed E-state index contributed by atoms with van der Waals surface area (Å²) in [5.74, 6) is -1.71. The molecule has 32 heavy (non-hydrogen) atoms. The molecular formula is C22H16F2N4O3S. The smallest absolute Gasteiger partial charge is 0.261 e. The van der Waals surface area contributed by atoms with Gasteiger partial charge in [-0.15, -0.1) is 5.10 Å². The van der Waals surface area contributed by atoms with E-state index in [9.17, 15) is 22.6 Å². The average molecular weight is 454 g/mol. The van der Waals surface area contributed by atoms with Crippen LogP contribution in [0.15, 0.2) is 48.7 Å². The maximum atomic E-state index is 14.8. The molecule has 10 heteroatoms. The van der Waals surface area contributed by atoms with E-state index in [4.69, 9.17) is 0 Å². The van der Waals surface area contributed by atoms with E-state index in [1.165, 1.54) is 10.9 Å². The fraction of sp³-hybridized carbons (Fsp3) is 0.182. The molecular weight excluding hydrogens is 438 g/mol. The van der Waals surface area contributed by atoms with E-state index in [1.54, 1.807) is 30.3 Å². The lowest BCUT2D eigenvalue weighted by atomic mass is 10.0. The van der Waals surface area contributed by atoms with Crippen molar-refractivity contribution in [2.45, 2.75) is 13.0 Å². The zero-order valence-electron chi connectivity index (χ0n) is 16.6. The van der Waals surface area contributed by atoms with Crippen molar-refractivity contribution < 1.29 is 22.6 Å². The van der Waals surface area contributed by atoms with Gasteiger partial charge in [0, 0.05) is 40.0 Å². The number of carbonyl (C=O) groups is 2. The van der Waals surface area contributed by atoms with Crippen LogP contribution in [-0.2, 0) is 17.3 Å². The summed E-state index contributed by atoms with van der Waals surface area (Å²) >= 11 is 0. The number of rotatable bonds is 4. The Bertz CT molecular complexity index is 1280. The van der Waals surface area contributed by atoms with Gasteiger partial charge in [0.1, 0.15) is 17.3 Å². The maximum Gasteiger partial charge on any atom is 0.261 e. The number of halogens is 2. The minimum Gasteiger partial charge on any atom is -0.269 e. The Labute approximate surface area is 183 Å². The van der Waals surface area contributed by atoms with Gasteiger partial charge in [0.05, 0.1) is 29.6 Å². The minimum absolute atomic E-state index is 0.112. The van der Waals surface area contributed by atoms with Gasteiger partial charge in [0.2, 0.25) is 0 Å². The quantitative estimate of drug-likeness (QED) is 0.566. The Morgan fingerprint density at radius 2 is 1.69 bits per heavy atom. The number of allylic oxidation sites excluding steroid dienone is 1. The molecule has 0 N–H and O–H groups in total. The van der Waals surface area contributed by atoms with Crippen molar-refractivity contribution >= 4 is 28.2 Å². The fourth-order valence-corrected chi connectivity index (χ4v) is 4.87. The number of carbonyl (C=O) groups excluding carboxylic acids is 2. The highest BCUT2D eigenvalue weighted by molar-refractivity contribution is 7.85. The molecule has 0 spiro atoms. The zero-order valence-corrected chi connectivity index (χ0v) is 17.4. The molecule has 0 aliphatic carbocycles. The van der Waals surface area contributed by atoms with Gasteiger partial charge in [0.15, 0.2) is 0 Å². The molecule has 1 atom stereocenters. The molecule has 2 aromatic carbocycles. The Kier molecular flexibility index (Phi) is 5.01. The average Bonchev–Trinajstić information content (AvgIpc) is 3.34. The van der Waals surface area contributed by atoms with Crippen LogP contribution in [0.25, 0.3) is 11.3 Å². The Balaban J connectivity index is 1.39. The van der Waals surface area contributed by atoms with Gasteiger partial charge >= 0.3 is 0 Å². The molecule has 0 fully saturated rings. The molecule has 2 aliphatic heterocycles. The number of hydrogen-bond donors (Lipinski definition) is 0. The predicted molar refractivity (Wildman–Crippen MR) is 112 cm³/mol. The third-order valence-corrected chi connectivity index (χ3v) is 6.66. The van der Waals surface area contributed by atoms with E-state index in [2.05, 4.69) is 10.3 Å². The van der Waals surface area contributed by atoms with E-state index < -0.39 is 34.2 Å². The van der Waals surface area contributed by atoms with Gasteiger partial charge < -0.3 is 0 Å². The van der Waals surface area contributed by atoms with E-state index >= 15 is 0 Å². The number of amides is 2. The van der Waals surface area contributed by atoms with Crippen molar-refractivity contribution in [2.75, 3.05) is 11.5 Å². The van der Waals surface area contributed by atoms with Gasteiger partial charge in [0.25, 0.3) is 11.8 Å². The second-order valence-electron chi connectivity index (χ2n) is 7.47. The number of hydrogen-bond acceptors (Lipinski definition) is 5. The van der Waals surface area contributed by atoms with Crippen LogP contribution >= 0.6 is 0 Å². The summed E-state index contributed by atoms with van der Waals surface area (Å²) in [4.78, 5) is 26.1. The van der Waals surface area contributed by atoms with Crippen LogP contribution in [0.2, 0.25) is 0 Å². The van der Waals surface area contributed by atoms with Crippen molar-refractivity contribution in [2.24, 2.45) is 0 Å². The topological polar surface area (TPSA) is 85.2 Å². The largest absolute Gasteiger partial charge is 0.269 e. The van der Waals surface area contributed by atoms with Crippen LogP contribution in [0.3, 0.4) is 0 Å². The monoisotopic (exact) mass is 454 g/mol. The number of benzene rings is 2. The van der Waals surface area contributed by atoms with Crippen LogP contribution in [0.4, 0.5) is 8.78 Å². The molecule has 0 radical (unpaired) electrons. The summed E-state index contributed by atoms with van der Waals surface area (Å²) < 4.78 is 42.2. The van der Waals surface area contributed by atoms with Crippen LogP contribution in [-0.4, -0.2) is 47.4 Å². The lowest BCUT2D eigenvalue weighted by Gasteiger charge is -2.15. The third kappa shape index (κ3) is 3.46. The molecule has 0 saturated carbocycles. The van der Waals surface area contributed by atoms with Gasteiger partial charge in [-0.25, -0.2) is 13.5 Å². The summed E-state index contributed by atoms with van der Waals surface area (Å²) in [7, 11) is -0.995. The number of imide groups is 1. The molecule has 1 aromatic heterocycles. The highest BCUT2D eigenvalue weighted by atomic mass is 32.2. The lowest BCUT2D eigenvalue weighted by Crippen LogP contribution is -2.29. The molecule has 162 valence electrons. The van der Waals surface area contributed by atoms with Crippen molar-refractivity contribution in [3.05, 3.63) is 82.7 Å². The number of nitrogens with zero attached hydrogens (tertiary/aromatic N) is 4. The van der Waals surface area contributed by atoms with Crippen LogP contribution in [0.1, 0.15) is 38.4 Å². The standard InChI is InChI=1S/C22H16F2N4O3S/c23-18-9-15(10-19(24)20(18)13-5-7-32(31)8-6-13)28-12-14(25-26-28)11-27-21(29)16-3-1-2-4-17(16)22(27)30/h1-5,9-10,12H,6-8,11H2. The highest BCUT2D eigenvalue weighted by Gasteiger charge is 2.35. The zero-order chi connectivity index (χ0) is 22.4. The number of fused-ring (bicyclic) bond motifs is 1. The first-order chi connectivity index (χ1) is 15.4. The van der Waals surface area contributed by atoms with Crippen molar-refractivity contribution in [3.63, 3.8) is 0 Å². The Morgan fingerprint density at radius 1 is 1.03 bits per heavy atom. The van der Waals surface area contributed by atoms with Crippen LogP contribution < -0.4 is 0 Å². The van der Waals surface area contributed by atoms with Crippen molar-refractivity contribution in [1.29, 1.82) is 0 Å². The number of aromatic nitrogens is 3. The van der Waals surface area contributed by atoms with Gasteiger partial charge in [-0.3, -0.25) is 18.7 Å². The summed E-state index contributed by atoms with van der Waals surface area (Å²) in [5, 5.41) is 7.84. The summed E-state index contributed by atoms with van der Waals surface area (Å²) in [6.45, 7) is -0.112. The molecule has 2 aliphatic rings. The normalized spacial score (nSPS) is 18.1. The van der Waals surface area contributed by atoms with E-state index in [0.717, 1.165) is 17.0 Å². The molecule has 7 nitrogen and oxygen atoms in total. The molecule has 3 heterocycles. The predicted octanol–water partition coefficient (Wildman–Crippen LogP) is 2.88. The third-order valence-electron chi connectivity index (χ3n) is 5.47. The summed E-state index contributed by atoms with van der Waals surface area (Å²) in [6, 6.07) is 8.81. The van der Waals surface area contributed by atoms with Crippen molar-refractivity contribution in [3.8, 4) is 5.69 Å². The molecule has 5 rings (SSSR count).